The molecule has 80 heavy (non-hydrogen) atoms. The van der Waals surface area contributed by atoms with Gasteiger partial charge in [-0.15, -0.1) is 0 Å². The van der Waals surface area contributed by atoms with Crippen molar-refractivity contribution in [1.82, 2.24) is 0 Å². The number of hydrogen-bond acceptors (Lipinski definition) is 8. The average molecular weight is 1100 g/mol. The van der Waals surface area contributed by atoms with Crippen LogP contribution in [0.15, 0.2) is 48.5 Å². The van der Waals surface area contributed by atoms with Crippen LogP contribution in [-0.2, 0) is 25.7 Å². The molecule has 440 valence electrons. The number of aldehydes is 4. The van der Waals surface area contributed by atoms with Crippen molar-refractivity contribution < 1.29 is 38.1 Å². The van der Waals surface area contributed by atoms with Crippen molar-refractivity contribution in [2.24, 2.45) is 0 Å². The average Bonchev–Trinajstić information content (AvgIpc) is 3.47. The van der Waals surface area contributed by atoms with Crippen LogP contribution in [0.1, 0.15) is 319 Å². The Kier molecular flexibility index (Phi) is 32.8. The van der Waals surface area contributed by atoms with Crippen LogP contribution in [-0.4, -0.2) is 51.6 Å². The Balaban J connectivity index is 1.66. The highest BCUT2D eigenvalue weighted by Crippen LogP contribution is 2.41. The van der Waals surface area contributed by atoms with Crippen molar-refractivity contribution in [2.75, 3.05) is 26.4 Å². The Labute approximate surface area is 484 Å². The molecule has 1 aliphatic rings. The van der Waals surface area contributed by atoms with Gasteiger partial charge in [0.25, 0.3) is 0 Å². The van der Waals surface area contributed by atoms with Crippen molar-refractivity contribution in [3.8, 4) is 23.0 Å². The van der Waals surface area contributed by atoms with Crippen LogP contribution in [0.4, 0.5) is 0 Å². The number of rotatable bonds is 44. The van der Waals surface area contributed by atoms with Crippen molar-refractivity contribution in [2.45, 2.75) is 259 Å². The molecule has 0 unspecified atom stereocenters. The third-order valence-electron chi connectivity index (χ3n) is 16.1. The van der Waals surface area contributed by atoms with Crippen LogP contribution < -0.4 is 18.9 Å². The lowest BCUT2D eigenvalue weighted by Crippen LogP contribution is -2.12. The minimum absolute atomic E-state index is 0.339. The molecule has 0 N–H and O–H groups in total. The van der Waals surface area contributed by atoms with Gasteiger partial charge in [0.05, 0.1) is 26.4 Å². The second-order valence-corrected chi connectivity index (χ2v) is 23.1. The molecule has 4 aromatic rings. The minimum atomic E-state index is 0.339. The van der Waals surface area contributed by atoms with E-state index in [2.05, 4.69) is 27.7 Å². The van der Waals surface area contributed by atoms with Crippen molar-refractivity contribution in [3.05, 3.63) is 115 Å². The first-order chi connectivity index (χ1) is 39.4. The van der Waals surface area contributed by atoms with E-state index in [4.69, 9.17) is 18.9 Å². The van der Waals surface area contributed by atoms with Gasteiger partial charge in [-0.25, -0.2) is 0 Å². The third-order valence-corrected chi connectivity index (χ3v) is 16.1. The topological polar surface area (TPSA) is 105 Å². The maximum atomic E-state index is 13.1. The van der Waals surface area contributed by atoms with Crippen molar-refractivity contribution in [3.63, 3.8) is 0 Å². The predicted molar refractivity (Wildman–Crippen MR) is 331 cm³/mol. The predicted octanol–water partition coefficient (Wildman–Crippen LogP) is 19.7. The zero-order valence-corrected chi connectivity index (χ0v) is 50.5. The van der Waals surface area contributed by atoms with Gasteiger partial charge < -0.3 is 18.9 Å². The molecule has 0 saturated heterocycles. The summed E-state index contributed by atoms with van der Waals surface area (Å²) >= 11 is 0. The van der Waals surface area contributed by atoms with Gasteiger partial charge >= 0.3 is 0 Å². The lowest BCUT2D eigenvalue weighted by molar-refractivity contribution is 0.111. The quantitative estimate of drug-likeness (QED) is 0.0281. The lowest BCUT2D eigenvalue weighted by atomic mass is 9.88. The van der Waals surface area contributed by atoms with Crippen LogP contribution in [0.25, 0.3) is 0 Å². The molecule has 0 aromatic heterocycles. The highest BCUT2D eigenvalue weighted by Gasteiger charge is 2.25. The third kappa shape index (κ3) is 23.3. The summed E-state index contributed by atoms with van der Waals surface area (Å²) in [6.45, 7) is 11.0. The summed E-state index contributed by atoms with van der Waals surface area (Å²) in [5, 5.41) is 0. The molecule has 0 fully saturated rings. The van der Waals surface area contributed by atoms with E-state index in [-0.39, 0.29) is 0 Å². The number of carbonyl (C=O) groups is 4. The SMILES string of the molecule is CCCCCCCCCCOc1c2cc(C=O)cc1Cc1cc(C=O)cc(c1OCCCCCCCCCC)Cc1cc(C=O)cc(c1OCCCCCCCCCC)Cc1cc(C=O)cc(c1OCCCCCCCCCC)C2. The number of fused-ring (bicyclic) bond motifs is 8. The first-order valence-electron chi connectivity index (χ1n) is 32.3. The van der Waals surface area contributed by atoms with E-state index in [0.29, 0.717) is 97.4 Å². The molecule has 8 bridgehead atoms. The highest BCUT2D eigenvalue weighted by molar-refractivity contribution is 5.80. The maximum absolute atomic E-state index is 13.1. The van der Waals surface area contributed by atoms with E-state index in [1.165, 1.54) is 128 Å². The van der Waals surface area contributed by atoms with Gasteiger partial charge in [-0.3, -0.25) is 19.2 Å². The van der Waals surface area contributed by atoms with Crippen LogP contribution in [0.5, 0.6) is 23.0 Å². The maximum Gasteiger partial charge on any atom is 0.150 e. The van der Waals surface area contributed by atoms with Crippen LogP contribution in [0, 0.1) is 0 Å². The Morgan fingerprint density at radius 2 is 0.400 bits per heavy atom. The van der Waals surface area contributed by atoms with Gasteiger partial charge in [-0.2, -0.15) is 0 Å². The number of benzene rings is 4. The zero-order valence-electron chi connectivity index (χ0n) is 50.5. The van der Waals surface area contributed by atoms with E-state index in [9.17, 15) is 19.2 Å². The Morgan fingerprint density at radius 3 is 0.550 bits per heavy atom. The molecule has 4 aromatic carbocycles. The minimum Gasteiger partial charge on any atom is -0.493 e. The van der Waals surface area contributed by atoms with E-state index in [1.807, 2.05) is 48.5 Å². The molecule has 8 heteroatoms. The van der Waals surface area contributed by atoms with Gasteiger partial charge in [0.2, 0.25) is 0 Å². The normalized spacial score (nSPS) is 12.1. The number of hydrogen-bond donors (Lipinski definition) is 0. The van der Waals surface area contributed by atoms with Gasteiger partial charge in [-0.05, 0) is 119 Å². The molecule has 0 amide bonds. The summed E-state index contributed by atoms with van der Waals surface area (Å²) in [7, 11) is 0. The molecule has 0 aliphatic heterocycles. The van der Waals surface area contributed by atoms with Gasteiger partial charge in [0, 0.05) is 47.9 Å². The Hall–Kier alpha value is -5.24. The lowest BCUT2D eigenvalue weighted by Gasteiger charge is -2.24. The number of carbonyl (C=O) groups excluding carboxylic acids is 4. The van der Waals surface area contributed by atoms with Crippen molar-refractivity contribution >= 4 is 25.1 Å². The van der Waals surface area contributed by atoms with Crippen molar-refractivity contribution in [1.29, 1.82) is 0 Å². The first-order valence-corrected chi connectivity index (χ1v) is 32.3. The standard InChI is InChI=1S/C72H104O8/c1-5-9-13-17-21-25-29-33-37-77-69-61-41-57(53-73)42-62(69)50-64-44-59(55-75)46-66(71(64)79-39-35-31-27-23-19-15-11-7-3)52-68-48-60(56-76)47-67(72(68)80-40-36-32-28-24-20-16-12-8-4)51-65-45-58(54-74)43-63(49-61)70(65)78-38-34-30-26-22-18-14-10-6-2/h41-48,53-56H,5-40,49-52H2,1-4H3. The largest absolute Gasteiger partial charge is 0.493 e. The van der Waals surface area contributed by atoms with E-state index in [1.54, 1.807) is 0 Å². The summed E-state index contributed by atoms with van der Waals surface area (Å²) in [4.78, 5) is 52.3. The summed E-state index contributed by atoms with van der Waals surface area (Å²) in [6, 6.07) is 15.5. The molecular formula is C72H104O8. The number of ether oxygens (including phenoxy) is 4. The summed E-state index contributed by atoms with van der Waals surface area (Å²) in [5.41, 5.74) is 8.71. The van der Waals surface area contributed by atoms with E-state index >= 15 is 0 Å². The first kappa shape index (κ1) is 65.6. The van der Waals surface area contributed by atoms with E-state index in [0.717, 1.165) is 147 Å². The van der Waals surface area contributed by atoms with Gasteiger partial charge in [0.15, 0.2) is 0 Å². The monoisotopic (exact) mass is 1100 g/mol. The summed E-state index contributed by atoms with van der Waals surface area (Å²) in [5.74, 6) is 2.84. The fraction of sp³-hybridized carbons (Fsp3) is 0.611. The second kappa shape index (κ2) is 40.0. The van der Waals surface area contributed by atoms with Crippen LogP contribution in [0.3, 0.4) is 0 Å². The van der Waals surface area contributed by atoms with Gasteiger partial charge in [-0.1, -0.05) is 207 Å². The Bertz CT molecular complexity index is 1990. The fourth-order valence-corrected chi connectivity index (χ4v) is 11.7. The molecule has 5 rings (SSSR count). The van der Waals surface area contributed by atoms with E-state index < -0.39 is 0 Å². The van der Waals surface area contributed by atoms with Crippen LogP contribution in [0.2, 0.25) is 0 Å². The van der Waals surface area contributed by atoms with Crippen LogP contribution >= 0.6 is 0 Å². The smallest absolute Gasteiger partial charge is 0.150 e. The molecule has 0 radical (unpaired) electrons. The highest BCUT2D eigenvalue weighted by atomic mass is 16.5. The number of unbranched alkanes of at least 4 members (excludes halogenated alkanes) is 28. The molecule has 0 saturated carbocycles. The second-order valence-electron chi connectivity index (χ2n) is 23.1. The molecule has 1 aliphatic carbocycles. The summed E-state index contributed by atoms with van der Waals surface area (Å²) < 4.78 is 28.0. The zero-order chi connectivity index (χ0) is 56.8. The molecular weight excluding hydrogens is 993 g/mol. The molecule has 0 spiro atoms. The molecule has 0 heterocycles. The Morgan fingerprint density at radius 1 is 0.250 bits per heavy atom. The molecule has 8 nitrogen and oxygen atoms in total. The van der Waals surface area contributed by atoms with Gasteiger partial charge in [0.1, 0.15) is 48.1 Å². The fourth-order valence-electron chi connectivity index (χ4n) is 11.7. The summed E-state index contributed by atoms with van der Waals surface area (Å²) in [6.07, 6.45) is 42.4. The molecule has 0 atom stereocenters.